The maximum Gasteiger partial charge on any atom is 0.243 e. The number of hydrogen-bond acceptors (Lipinski definition) is 3. The minimum Gasteiger partial charge on any atom is -0.338 e. The topological polar surface area (TPSA) is 57.7 Å². The molecule has 2 aliphatic rings. The molecule has 5 nitrogen and oxygen atoms in total. The summed E-state index contributed by atoms with van der Waals surface area (Å²) in [6.45, 7) is 1.98. The first-order valence-corrected chi connectivity index (χ1v) is 11.4. The second-order valence-corrected chi connectivity index (χ2v) is 9.81. The Hall–Kier alpha value is -1.89. The normalized spacial score (nSPS) is 20.6. The van der Waals surface area contributed by atoms with Gasteiger partial charge in [0.25, 0.3) is 0 Å². The van der Waals surface area contributed by atoms with Crippen LogP contribution >= 0.6 is 11.6 Å². The maximum absolute atomic E-state index is 13.1. The molecular formula is C21H23ClN2O3S. The molecule has 0 N–H and O–H groups in total. The number of amides is 1. The summed E-state index contributed by atoms with van der Waals surface area (Å²) in [4.78, 5) is 15.2. The number of carbonyl (C=O) groups excluding carboxylic acids is 1. The van der Waals surface area contributed by atoms with E-state index in [1.54, 1.807) is 12.1 Å². The van der Waals surface area contributed by atoms with Gasteiger partial charge in [-0.05, 0) is 54.7 Å². The zero-order chi connectivity index (χ0) is 19.7. The Morgan fingerprint density at radius 3 is 2.46 bits per heavy atom. The number of piperidine rings is 1. The van der Waals surface area contributed by atoms with Crippen LogP contribution in [0.25, 0.3) is 0 Å². The molecule has 0 spiro atoms. The smallest absolute Gasteiger partial charge is 0.243 e. The number of nitrogens with zero attached hydrogens (tertiary/aromatic N) is 2. The Kier molecular flexibility index (Phi) is 5.45. The third kappa shape index (κ3) is 3.81. The molecule has 2 heterocycles. The van der Waals surface area contributed by atoms with E-state index < -0.39 is 10.0 Å². The summed E-state index contributed by atoms with van der Waals surface area (Å²) in [6.07, 6.45) is 2.26. The summed E-state index contributed by atoms with van der Waals surface area (Å²) in [5.74, 6) is -0.230. The van der Waals surface area contributed by atoms with Gasteiger partial charge in [0.1, 0.15) is 0 Å². The molecule has 0 saturated carbocycles. The van der Waals surface area contributed by atoms with Crippen LogP contribution in [0.2, 0.25) is 5.02 Å². The van der Waals surface area contributed by atoms with Gasteiger partial charge in [-0.25, -0.2) is 8.42 Å². The van der Waals surface area contributed by atoms with E-state index in [-0.39, 0.29) is 23.3 Å². The van der Waals surface area contributed by atoms with Crippen molar-refractivity contribution in [1.82, 2.24) is 9.21 Å². The number of sulfonamides is 1. The van der Waals surface area contributed by atoms with E-state index in [1.807, 2.05) is 17.0 Å². The number of hydrogen-bond donors (Lipinski definition) is 0. The predicted octanol–water partition coefficient (Wildman–Crippen LogP) is 3.33. The van der Waals surface area contributed by atoms with E-state index in [9.17, 15) is 13.2 Å². The molecule has 2 aromatic carbocycles. The first kappa shape index (κ1) is 19.4. The Morgan fingerprint density at radius 1 is 1.00 bits per heavy atom. The molecule has 4 rings (SSSR count). The first-order valence-electron chi connectivity index (χ1n) is 9.56. The van der Waals surface area contributed by atoms with Crippen molar-refractivity contribution in [2.24, 2.45) is 5.92 Å². The highest BCUT2D eigenvalue weighted by molar-refractivity contribution is 7.89. The minimum absolute atomic E-state index is 0.0607. The van der Waals surface area contributed by atoms with E-state index >= 15 is 0 Å². The van der Waals surface area contributed by atoms with Gasteiger partial charge < -0.3 is 4.90 Å². The molecule has 28 heavy (non-hydrogen) atoms. The Bertz CT molecular complexity index is 975. The van der Waals surface area contributed by atoms with Crippen molar-refractivity contribution in [1.29, 1.82) is 0 Å². The molecule has 0 aliphatic carbocycles. The van der Waals surface area contributed by atoms with Gasteiger partial charge in [-0.15, -0.1) is 0 Å². The Labute approximate surface area is 171 Å². The van der Waals surface area contributed by atoms with E-state index in [2.05, 4.69) is 12.1 Å². The zero-order valence-electron chi connectivity index (χ0n) is 15.6. The molecule has 0 unspecified atom stereocenters. The monoisotopic (exact) mass is 418 g/mol. The standard InChI is InChI=1S/C21H23ClN2O3S/c22-19-7-9-20(10-8-19)28(26,27)24-12-3-6-18(15-24)21(25)23-13-11-16-4-1-2-5-17(16)14-23/h1-2,4-5,7-10,18H,3,6,11-15H2/t18-/m0/s1. The van der Waals surface area contributed by atoms with Crippen molar-refractivity contribution in [3.8, 4) is 0 Å². The molecule has 0 radical (unpaired) electrons. The van der Waals surface area contributed by atoms with Crippen molar-refractivity contribution < 1.29 is 13.2 Å². The van der Waals surface area contributed by atoms with Gasteiger partial charge in [-0.3, -0.25) is 4.79 Å². The first-order chi connectivity index (χ1) is 13.4. The van der Waals surface area contributed by atoms with Gasteiger partial charge in [0.2, 0.25) is 15.9 Å². The summed E-state index contributed by atoms with van der Waals surface area (Å²) in [5.41, 5.74) is 2.48. The lowest BCUT2D eigenvalue weighted by atomic mass is 9.95. The maximum atomic E-state index is 13.1. The summed E-state index contributed by atoms with van der Waals surface area (Å²) in [7, 11) is -3.62. The highest BCUT2D eigenvalue weighted by Gasteiger charge is 2.35. The fourth-order valence-electron chi connectivity index (χ4n) is 4.06. The lowest BCUT2D eigenvalue weighted by Gasteiger charge is -2.36. The van der Waals surface area contributed by atoms with Crippen LogP contribution < -0.4 is 0 Å². The number of benzene rings is 2. The molecule has 148 valence electrons. The van der Waals surface area contributed by atoms with Crippen molar-refractivity contribution >= 4 is 27.5 Å². The third-order valence-corrected chi connectivity index (χ3v) is 7.76. The molecule has 0 aromatic heterocycles. The van der Waals surface area contributed by atoms with Crippen LogP contribution in [0.15, 0.2) is 53.4 Å². The van der Waals surface area contributed by atoms with Crippen molar-refractivity contribution in [3.63, 3.8) is 0 Å². The van der Waals surface area contributed by atoms with E-state index in [1.165, 1.54) is 27.6 Å². The lowest BCUT2D eigenvalue weighted by molar-refractivity contribution is -0.137. The molecule has 1 amide bonds. The van der Waals surface area contributed by atoms with Gasteiger partial charge in [-0.1, -0.05) is 35.9 Å². The van der Waals surface area contributed by atoms with Gasteiger partial charge in [-0.2, -0.15) is 4.31 Å². The van der Waals surface area contributed by atoms with Crippen LogP contribution in [0.3, 0.4) is 0 Å². The van der Waals surface area contributed by atoms with Crippen LogP contribution in [-0.2, 0) is 27.8 Å². The minimum atomic E-state index is -3.62. The highest BCUT2D eigenvalue weighted by Crippen LogP contribution is 2.27. The van der Waals surface area contributed by atoms with Crippen molar-refractivity contribution in [2.75, 3.05) is 19.6 Å². The lowest BCUT2D eigenvalue weighted by Crippen LogP contribution is -2.47. The van der Waals surface area contributed by atoms with Crippen molar-refractivity contribution in [3.05, 3.63) is 64.7 Å². The van der Waals surface area contributed by atoms with E-state index in [0.717, 1.165) is 12.8 Å². The van der Waals surface area contributed by atoms with Gasteiger partial charge in [0.15, 0.2) is 0 Å². The zero-order valence-corrected chi connectivity index (χ0v) is 17.1. The summed E-state index contributed by atoms with van der Waals surface area (Å²) in [6, 6.07) is 14.4. The average molecular weight is 419 g/mol. The van der Waals surface area contributed by atoms with Gasteiger partial charge >= 0.3 is 0 Å². The van der Waals surface area contributed by atoms with Gasteiger partial charge in [0, 0.05) is 31.2 Å². The van der Waals surface area contributed by atoms with E-state index in [4.69, 9.17) is 11.6 Å². The van der Waals surface area contributed by atoms with Crippen LogP contribution in [0.5, 0.6) is 0 Å². The number of rotatable bonds is 3. The molecule has 7 heteroatoms. The van der Waals surface area contributed by atoms with Gasteiger partial charge in [0.05, 0.1) is 10.8 Å². The average Bonchev–Trinajstić information content (AvgIpc) is 2.73. The molecule has 1 saturated heterocycles. The SMILES string of the molecule is O=C([C@H]1CCCN(S(=O)(=O)c2ccc(Cl)cc2)C1)N1CCc2ccccc2C1. The Balaban J connectivity index is 1.48. The van der Waals surface area contributed by atoms with Crippen LogP contribution in [0.1, 0.15) is 24.0 Å². The largest absolute Gasteiger partial charge is 0.338 e. The summed E-state index contributed by atoms with van der Waals surface area (Å²) >= 11 is 5.88. The second-order valence-electron chi connectivity index (χ2n) is 7.43. The third-order valence-electron chi connectivity index (χ3n) is 5.63. The second kappa shape index (κ2) is 7.85. The molecule has 2 aromatic rings. The molecule has 0 bridgehead atoms. The molecule has 1 fully saturated rings. The van der Waals surface area contributed by atoms with Crippen LogP contribution in [0, 0.1) is 5.92 Å². The van der Waals surface area contributed by atoms with Crippen molar-refractivity contribution in [2.45, 2.75) is 30.7 Å². The molecule has 1 atom stereocenters. The highest BCUT2D eigenvalue weighted by atomic mass is 35.5. The quantitative estimate of drug-likeness (QED) is 0.768. The number of halogens is 1. The fourth-order valence-corrected chi connectivity index (χ4v) is 5.71. The number of carbonyl (C=O) groups is 1. The molecule has 2 aliphatic heterocycles. The fraction of sp³-hybridized carbons (Fsp3) is 0.381. The van der Waals surface area contributed by atoms with Crippen LogP contribution in [0.4, 0.5) is 0 Å². The van der Waals surface area contributed by atoms with E-state index in [0.29, 0.717) is 31.1 Å². The van der Waals surface area contributed by atoms with Crippen LogP contribution in [-0.4, -0.2) is 43.2 Å². The summed E-state index contributed by atoms with van der Waals surface area (Å²) in [5, 5.41) is 0.496. The molecular weight excluding hydrogens is 396 g/mol. The predicted molar refractivity (Wildman–Crippen MR) is 108 cm³/mol. The number of fused-ring (bicyclic) bond motifs is 1. The Morgan fingerprint density at radius 2 is 1.71 bits per heavy atom. The summed E-state index contributed by atoms with van der Waals surface area (Å²) < 4.78 is 27.4.